The van der Waals surface area contributed by atoms with Crippen molar-refractivity contribution in [1.29, 1.82) is 0 Å². The van der Waals surface area contributed by atoms with Crippen LogP contribution in [0.1, 0.15) is 5.69 Å². The molecule has 1 heterocycles. The summed E-state index contributed by atoms with van der Waals surface area (Å²) >= 11 is 17.5. The maximum absolute atomic E-state index is 13.8. The normalized spacial score (nSPS) is 10.7. The lowest BCUT2D eigenvalue weighted by Crippen LogP contribution is -2.07. The summed E-state index contributed by atoms with van der Waals surface area (Å²) in [6.45, 7) is 0. The molecule has 3 nitrogen and oxygen atoms in total. The molecular formula is C13H6Cl3F2NO2. The molecule has 0 amide bonds. The number of aliphatic carboxylic acids is 1. The molecule has 1 aromatic heterocycles. The van der Waals surface area contributed by atoms with Crippen LogP contribution in [-0.4, -0.2) is 16.1 Å². The summed E-state index contributed by atoms with van der Waals surface area (Å²) in [7, 11) is 0. The van der Waals surface area contributed by atoms with Gasteiger partial charge in [0.15, 0.2) is 5.82 Å². The number of halogens is 5. The molecule has 1 N–H and O–H groups in total. The molecule has 0 aliphatic carbocycles. The lowest BCUT2D eigenvalue weighted by Gasteiger charge is -2.08. The first kappa shape index (κ1) is 15.9. The predicted molar refractivity (Wildman–Crippen MR) is 76.0 cm³/mol. The first-order chi connectivity index (χ1) is 9.79. The molecule has 110 valence electrons. The number of hydrogen-bond donors (Lipinski definition) is 1. The van der Waals surface area contributed by atoms with Crippen LogP contribution < -0.4 is 0 Å². The number of carboxylic acids is 1. The van der Waals surface area contributed by atoms with Gasteiger partial charge in [-0.05, 0) is 12.1 Å². The minimum atomic E-state index is -1.29. The molecule has 0 bridgehead atoms. The van der Waals surface area contributed by atoms with E-state index in [1.807, 2.05) is 0 Å². The smallest absolute Gasteiger partial charge is 0.309 e. The van der Waals surface area contributed by atoms with Crippen molar-refractivity contribution in [3.8, 4) is 11.3 Å². The average Bonchev–Trinajstić information content (AvgIpc) is 2.38. The number of benzene rings is 1. The van der Waals surface area contributed by atoms with Crippen molar-refractivity contribution in [2.75, 3.05) is 0 Å². The zero-order valence-electron chi connectivity index (χ0n) is 10.1. The molecule has 0 radical (unpaired) electrons. The van der Waals surface area contributed by atoms with Crippen molar-refractivity contribution in [3.05, 3.63) is 50.6 Å². The van der Waals surface area contributed by atoms with Gasteiger partial charge in [-0.1, -0.05) is 34.8 Å². The Morgan fingerprint density at radius 3 is 2.19 bits per heavy atom. The Labute approximate surface area is 133 Å². The zero-order valence-corrected chi connectivity index (χ0v) is 12.4. The van der Waals surface area contributed by atoms with Gasteiger partial charge in [-0.25, -0.2) is 13.8 Å². The van der Waals surface area contributed by atoms with Crippen LogP contribution in [0.5, 0.6) is 0 Å². The predicted octanol–water partition coefficient (Wildman–Crippen LogP) is 4.61. The van der Waals surface area contributed by atoms with Gasteiger partial charge in [-0.3, -0.25) is 4.79 Å². The third-order valence-corrected chi connectivity index (χ3v) is 3.77. The highest BCUT2D eigenvalue weighted by Crippen LogP contribution is 2.35. The lowest BCUT2D eigenvalue weighted by molar-refractivity contribution is -0.136. The number of aromatic nitrogens is 1. The third kappa shape index (κ3) is 3.43. The first-order valence-corrected chi connectivity index (χ1v) is 6.64. The van der Waals surface area contributed by atoms with E-state index >= 15 is 0 Å². The minimum absolute atomic E-state index is 0.0736. The van der Waals surface area contributed by atoms with Crippen LogP contribution in [0.2, 0.25) is 15.1 Å². The molecule has 0 saturated heterocycles. The van der Waals surface area contributed by atoms with Gasteiger partial charge in [-0.2, -0.15) is 0 Å². The highest BCUT2D eigenvalue weighted by atomic mass is 35.5. The maximum atomic E-state index is 13.8. The number of carboxylic acid groups (broad SMARTS) is 1. The van der Waals surface area contributed by atoms with E-state index in [1.54, 1.807) is 0 Å². The van der Waals surface area contributed by atoms with Gasteiger partial charge < -0.3 is 5.11 Å². The lowest BCUT2D eigenvalue weighted by atomic mass is 10.1. The number of pyridine rings is 1. The van der Waals surface area contributed by atoms with Crippen LogP contribution in [0.15, 0.2) is 18.2 Å². The summed E-state index contributed by atoms with van der Waals surface area (Å²) in [6, 6.07) is 3.18. The van der Waals surface area contributed by atoms with E-state index in [0.717, 1.165) is 0 Å². The van der Waals surface area contributed by atoms with Crippen molar-refractivity contribution in [2.45, 2.75) is 6.42 Å². The van der Waals surface area contributed by atoms with E-state index in [2.05, 4.69) is 4.98 Å². The molecule has 21 heavy (non-hydrogen) atoms. The van der Waals surface area contributed by atoms with Gasteiger partial charge >= 0.3 is 5.97 Å². The molecule has 0 aliphatic rings. The van der Waals surface area contributed by atoms with Gasteiger partial charge in [-0.15, -0.1) is 0 Å². The number of rotatable bonds is 3. The summed E-state index contributed by atoms with van der Waals surface area (Å²) in [4.78, 5) is 14.3. The molecule has 0 spiro atoms. The van der Waals surface area contributed by atoms with E-state index in [0.29, 0.717) is 6.07 Å². The molecule has 0 atom stereocenters. The van der Waals surface area contributed by atoms with Crippen LogP contribution in [0, 0.1) is 11.6 Å². The van der Waals surface area contributed by atoms with Crippen molar-refractivity contribution < 1.29 is 18.7 Å². The van der Waals surface area contributed by atoms with E-state index in [-0.39, 0.29) is 32.0 Å². The molecule has 0 aliphatic heterocycles. The Bertz CT molecular complexity index is 715. The number of hydrogen-bond acceptors (Lipinski definition) is 2. The molecule has 2 rings (SSSR count). The monoisotopic (exact) mass is 351 g/mol. The molecule has 8 heteroatoms. The fourth-order valence-corrected chi connectivity index (χ4v) is 2.26. The second kappa shape index (κ2) is 6.13. The third-order valence-electron chi connectivity index (χ3n) is 2.58. The SMILES string of the molecule is O=C(O)Cc1nc(-c2cc(Cl)c(Cl)c(Cl)c2)c(F)cc1F. The molecule has 0 unspecified atom stereocenters. The zero-order chi connectivity index (χ0) is 15.7. The average molecular weight is 353 g/mol. The van der Waals surface area contributed by atoms with Crippen LogP contribution in [0.3, 0.4) is 0 Å². The Kier molecular flexibility index (Phi) is 4.66. The fourth-order valence-electron chi connectivity index (χ4n) is 1.67. The fraction of sp³-hybridized carbons (Fsp3) is 0.0769. The Morgan fingerprint density at radius 2 is 1.67 bits per heavy atom. The standard InChI is InChI=1S/C13H6Cl3F2NO2/c14-6-1-5(2-7(15)12(6)16)13-9(18)3-8(17)10(19-13)4-11(20)21/h1-3H,4H2,(H,20,21). The Balaban J connectivity index is 2.60. The topological polar surface area (TPSA) is 50.2 Å². The highest BCUT2D eigenvalue weighted by molar-refractivity contribution is 6.48. The van der Waals surface area contributed by atoms with Crippen molar-refractivity contribution in [3.63, 3.8) is 0 Å². The molecule has 0 fully saturated rings. The second-order valence-electron chi connectivity index (χ2n) is 4.07. The van der Waals surface area contributed by atoms with Crippen molar-refractivity contribution >= 4 is 40.8 Å². The summed E-state index contributed by atoms with van der Waals surface area (Å²) in [5.41, 5.74) is -0.479. The van der Waals surface area contributed by atoms with Crippen LogP contribution in [-0.2, 0) is 11.2 Å². The van der Waals surface area contributed by atoms with Crippen molar-refractivity contribution in [2.24, 2.45) is 0 Å². The van der Waals surface area contributed by atoms with Gasteiger partial charge in [0.1, 0.15) is 11.5 Å². The van der Waals surface area contributed by atoms with Gasteiger partial charge in [0.25, 0.3) is 0 Å². The van der Waals surface area contributed by atoms with E-state index in [4.69, 9.17) is 39.9 Å². The van der Waals surface area contributed by atoms with Crippen LogP contribution >= 0.6 is 34.8 Å². The van der Waals surface area contributed by atoms with Gasteiger partial charge in [0.05, 0.1) is 27.2 Å². The molecular weight excluding hydrogens is 347 g/mol. The minimum Gasteiger partial charge on any atom is -0.481 e. The summed E-state index contributed by atoms with van der Waals surface area (Å²) in [5, 5.41) is 8.93. The van der Waals surface area contributed by atoms with Gasteiger partial charge in [0.2, 0.25) is 0 Å². The number of carbonyl (C=O) groups is 1. The molecule has 2 aromatic rings. The maximum Gasteiger partial charge on any atom is 0.309 e. The summed E-state index contributed by atoms with van der Waals surface area (Å²) in [6.07, 6.45) is -0.672. The molecule has 1 aromatic carbocycles. The quantitative estimate of drug-likeness (QED) is 0.820. The second-order valence-corrected chi connectivity index (χ2v) is 5.26. The summed E-state index contributed by atoms with van der Waals surface area (Å²) in [5.74, 6) is -3.29. The number of nitrogens with zero attached hydrogens (tertiary/aromatic N) is 1. The van der Waals surface area contributed by atoms with Crippen LogP contribution in [0.4, 0.5) is 8.78 Å². The van der Waals surface area contributed by atoms with Crippen LogP contribution in [0.25, 0.3) is 11.3 Å². The van der Waals surface area contributed by atoms with E-state index in [1.165, 1.54) is 12.1 Å². The van der Waals surface area contributed by atoms with E-state index < -0.39 is 24.0 Å². The first-order valence-electron chi connectivity index (χ1n) is 5.51. The van der Waals surface area contributed by atoms with Gasteiger partial charge in [0, 0.05) is 11.6 Å². The summed E-state index contributed by atoms with van der Waals surface area (Å²) < 4.78 is 27.3. The Morgan fingerprint density at radius 1 is 1.10 bits per heavy atom. The van der Waals surface area contributed by atoms with E-state index in [9.17, 15) is 13.6 Å². The highest BCUT2D eigenvalue weighted by Gasteiger charge is 2.17. The Hall–Kier alpha value is -1.43. The molecule has 0 saturated carbocycles. The van der Waals surface area contributed by atoms with Crippen molar-refractivity contribution in [1.82, 2.24) is 4.98 Å². The largest absolute Gasteiger partial charge is 0.481 e.